The molecule has 1 heterocycles. The predicted octanol–water partition coefficient (Wildman–Crippen LogP) is 11.2. The summed E-state index contributed by atoms with van der Waals surface area (Å²) in [6.45, 7) is 15.0. The van der Waals surface area contributed by atoms with Crippen LogP contribution in [0.4, 0.5) is 0 Å². The molecule has 1 aliphatic carbocycles. The molecule has 2 heteroatoms. The third-order valence-corrected chi connectivity index (χ3v) is 8.63. The summed E-state index contributed by atoms with van der Waals surface area (Å²) in [5, 5.41) is 5.64. The summed E-state index contributed by atoms with van der Waals surface area (Å²) in [7, 11) is 0. The van der Waals surface area contributed by atoms with Crippen LogP contribution in [-0.2, 0) is 12.8 Å². The number of fused-ring (bicyclic) bond motifs is 5. The van der Waals surface area contributed by atoms with Crippen molar-refractivity contribution in [1.82, 2.24) is 0 Å². The maximum Gasteiger partial charge on any atom is 0.0902 e. The van der Waals surface area contributed by atoms with Gasteiger partial charge in [0.15, 0.2) is 0 Å². The van der Waals surface area contributed by atoms with Crippen LogP contribution < -0.4 is 0 Å². The summed E-state index contributed by atoms with van der Waals surface area (Å²) < 4.78 is 6.00. The number of hydrogen-bond acceptors (Lipinski definition) is 1. The third kappa shape index (κ3) is 9.51. The Balaban J connectivity index is 0.000000188. The van der Waals surface area contributed by atoms with Gasteiger partial charge in [0.2, 0.25) is 0 Å². The fourth-order valence-electron chi connectivity index (χ4n) is 6.21. The van der Waals surface area contributed by atoms with Gasteiger partial charge in [-0.25, -0.2) is 0 Å². The van der Waals surface area contributed by atoms with Crippen LogP contribution in [0, 0.1) is 0 Å². The molecule has 0 bridgehead atoms. The fourth-order valence-corrected chi connectivity index (χ4v) is 6.21. The van der Waals surface area contributed by atoms with Gasteiger partial charge in [0.05, 0.1) is 38.7 Å². The van der Waals surface area contributed by atoms with Crippen LogP contribution in [0.25, 0.3) is 21.5 Å². The molecule has 0 fully saturated rings. The molecule has 2 nitrogen and oxygen atoms in total. The Labute approximate surface area is 245 Å². The van der Waals surface area contributed by atoms with E-state index >= 15 is 0 Å². The SMILES string of the molecule is CCCC[N+](CCCC)(CCCC)CCCC.c1ccc2c(c1)ccc1c3c(ccc12)CCCC3.c1ccoc1. The lowest BCUT2D eigenvalue weighted by Crippen LogP contribution is -2.50. The molecular formula is C38H56NO+. The van der Waals surface area contributed by atoms with Crippen molar-refractivity contribution in [3.05, 3.63) is 84.3 Å². The number of rotatable bonds is 12. The Hall–Kier alpha value is -2.58. The normalized spacial score (nSPS) is 12.8. The van der Waals surface area contributed by atoms with E-state index in [9.17, 15) is 0 Å². The summed E-state index contributed by atoms with van der Waals surface area (Å²) in [6, 6.07) is 21.6. The molecule has 0 spiro atoms. The van der Waals surface area contributed by atoms with Crippen molar-refractivity contribution < 1.29 is 8.90 Å². The second-order valence-electron chi connectivity index (χ2n) is 11.7. The van der Waals surface area contributed by atoms with E-state index in [1.165, 1.54) is 129 Å². The molecule has 0 saturated carbocycles. The Morgan fingerprint density at radius 2 is 1.10 bits per heavy atom. The highest BCUT2D eigenvalue weighted by Gasteiger charge is 2.24. The smallest absolute Gasteiger partial charge is 0.0902 e. The first kappa shape index (κ1) is 31.9. The van der Waals surface area contributed by atoms with Crippen LogP contribution in [0.3, 0.4) is 0 Å². The number of furan rings is 1. The van der Waals surface area contributed by atoms with E-state index in [0.29, 0.717) is 0 Å². The van der Waals surface area contributed by atoms with Gasteiger partial charge in [0.1, 0.15) is 0 Å². The van der Waals surface area contributed by atoms with Crippen molar-refractivity contribution in [2.75, 3.05) is 26.2 Å². The van der Waals surface area contributed by atoms with Crippen LogP contribution in [0.5, 0.6) is 0 Å². The van der Waals surface area contributed by atoms with Crippen molar-refractivity contribution in [3.8, 4) is 0 Å². The van der Waals surface area contributed by atoms with Gasteiger partial charge < -0.3 is 8.90 Å². The highest BCUT2D eigenvalue weighted by molar-refractivity contribution is 6.08. The highest BCUT2D eigenvalue weighted by Crippen LogP contribution is 2.33. The van der Waals surface area contributed by atoms with Crippen LogP contribution in [0.15, 0.2) is 77.6 Å². The van der Waals surface area contributed by atoms with Crippen molar-refractivity contribution in [2.24, 2.45) is 0 Å². The van der Waals surface area contributed by atoms with Gasteiger partial charge in [-0.05, 0) is 96.2 Å². The zero-order valence-electron chi connectivity index (χ0n) is 26.1. The standard InChI is InChI=1S/C18H16.C16H36N.C4H4O/c1-3-7-15-13(5-1)9-11-18-16-8-4-2-6-14(16)10-12-17(15)18;1-5-9-13-17(14-10-6-2,15-11-7-3)16-12-8-4;1-2-4-5-3-1/h1,3,5,7,9-12H,2,4,6,8H2;5-16H2,1-4H3;1-4H/q;+1;. The molecule has 40 heavy (non-hydrogen) atoms. The average molecular weight is 543 g/mol. The first-order chi connectivity index (χ1) is 19.7. The van der Waals surface area contributed by atoms with Crippen LogP contribution in [0.1, 0.15) is 103 Å². The van der Waals surface area contributed by atoms with Crippen LogP contribution in [-0.4, -0.2) is 30.7 Å². The van der Waals surface area contributed by atoms with Crippen LogP contribution >= 0.6 is 0 Å². The van der Waals surface area contributed by atoms with Crippen molar-refractivity contribution >= 4 is 21.5 Å². The van der Waals surface area contributed by atoms with E-state index in [0.717, 1.165) is 0 Å². The topological polar surface area (TPSA) is 13.1 Å². The molecule has 4 aromatic rings. The number of aryl methyl sites for hydroxylation is 2. The van der Waals surface area contributed by atoms with Gasteiger partial charge in [-0.3, -0.25) is 0 Å². The van der Waals surface area contributed by atoms with E-state index in [-0.39, 0.29) is 0 Å². The predicted molar refractivity (Wildman–Crippen MR) is 176 cm³/mol. The molecule has 5 rings (SSSR count). The first-order valence-electron chi connectivity index (χ1n) is 16.4. The van der Waals surface area contributed by atoms with Gasteiger partial charge in [0.25, 0.3) is 0 Å². The fraction of sp³-hybridized carbons (Fsp3) is 0.526. The minimum absolute atomic E-state index is 1.25. The summed E-state index contributed by atoms with van der Waals surface area (Å²) in [4.78, 5) is 0. The maximum absolute atomic E-state index is 4.58. The Bertz CT molecular complexity index is 1150. The quantitative estimate of drug-likeness (QED) is 0.128. The molecule has 0 radical (unpaired) electrons. The Morgan fingerprint density at radius 3 is 1.65 bits per heavy atom. The second kappa shape index (κ2) is 18.0. The largest absolute Gasteiger partial charge is 0.473 e. The average Bonchev–Trinajstić information content (AvgIpc) is 3.61. The zero-order chi connectivity index (χ0) is 28.5. The maximum atomic E-state index is 4.58. The van der Waals surface area contributed by atoms with E-state index in [1.54, 1.807) is 23.7 Å². The number of benzene rings is 3. The number of hydrogen-bond donors (Lipinski definition) is 0. The molecule has 218 valence electrons. The van der Waals surface area contributed by atoms with Crippen molar-refractivity contribution in [3.63, 3.8) is 0 Å². The summed E-state index contributed by atoms with van der Waals surface area (Å²) in [5.74, 6) is 0. The second-order valence-corrected chi connectivity index (χ2v) is 11.7. The van der Waals surface area contributed by atoms with Gasteiger partial charge in [-0.15, -0.1) is 0 Å². The van der Waals surface area contributed by atoms with Gasteiger partial charge in [-0.2, -0.15) is 0 Å². The summed E-state index contributed by atoms with van der Waals surface area (Å²) in [6.07, 6.45) is 19.5. The lowest BCUT2D eigenvalue weighted by Gasteiger charge is -2.39. The lowest BCUT2D eigenvalue weighted by atomic mass is 9.86. The molecule has 0 N–H and O–H groups in total. The lowest BCUT2D eigenvalue weighted by molar-refractivity contribution is -0.929. The molecule has 0 atom stereocenters. The van der Waals surface area contributed by atoms with Gasteiger partial charge in [-0.1, -0.05) is 102 Å². The van der Waals surface area contributed by atoms with Crippen LogP contribution in [0.2, 0.25) is 0 Å². The van der Waals surface area contributed by atoms with E-state index in [4.69, 9.17) is 0 Å². The zero-order valence-corrected chi connectivity index (χ0v) is 26.1. The van der Waals surface area contributed by atoms with E-state index in [1.807, 2.05) is 12.1 Å². The molecule has 0 unspecified atom stereocenters. The Kier molecular flexibility index (Phi) is 14.4. The van der Waals surface area contributed by atoms with Crippen molar-refractivity contribution in [2.45, 2.75) is 105 Å². The molecular weight excluding hydrogens is 486 g/mol. The summed E-state index contributed by atoms with van der Waals surface area (Å²) >= 11 is 0. The Morgan fingerprint density at radius 1 is 0.550 bits per heavy atom. The van der Waals surface area contributed by atoms with Gasteiger partial charge in [0, 0.05) is 0 Å². The molecule has 0 saturated heterocycles. The minimum atomic E-state index is 1.25. The molecule has 0 aliphatic heterocycles. The minimum Gasteiger partial charge on any atom is -0.473 e. The first-order valence-corrected chi connectivity index (χ1v) is 16.4. The van der Waals surface area contributed by atoms with Gasteiger partial charge >= 0.3 is 0 Å². The number of nitrogens with zero attached hydrogens (tertiary/aromatic N) is 1. The summed E-state index contributed by atoms with van der Waals surface area (Å²) in [5.41, 5.74) is 3.17. The monoisotopic (exact) mass is 542 g/mol. The van der Waals surface area contributed by atoms with E-state index < -0.39 is 0 Å². The molecule has 1 aromatic heterocycles. The number of unbranched alkanes of at least 4 members (excludes halogenated alkanes) is 4. The highest BCUT2D eigenvalue weighted by atomic mass is 16.3. The molecule has 1 aliphatic rings. The van der Waals surface area contributed by atoms with E-state index in [2.05, 4.69) is 80.6 Å². The molecule has 0 amide bonds. The molecule has 3 aromatic carbocycles. The number of quaternary nitrogens is 1. The third-order valence-electron chi connectivity index (χ3n) is 8.63. The van der Waals surface area contributed by atoms with Crippen molar-refractivity contribution in [1.29, 1.82) is 0 Å².